The van der Waals surface area contributed by atoms with Gasteiger partial charge in [-0.1, -0.05) is 11.6 Å². The van der Waals surface area contributed by atoms with E-state index in [9.17, 15) is 4.79 Å². The molecule has 0 aliphatic heterocycles. The summed E-state index contributed by atoms with van der Waals surface area (Å²) in [5.74, 6) is -0.289. The summed E-state index contributed by atoms with van der Waals surface area (Å²) >= 11 is 7.24. The summed E-state index contributed by atoms with van der Waals surface area (Å²) in [5.41, 5.74) is 1.84. The molecule has 0 amide bonds. The first-order valence-electron chi connectivity index (χ1n) is 5.91. The second-order valence-corrected chi connectivity index (χ2v) is 5.86. The van der Waals surface area contributed by atoms with Gasteiger partial charge < -0.3 is 15.2 Å². The van der Waals surface area contributed by atoms with E-state index in [0.29, 0.717) is 22.2 Å². The smallest absolute Gasteiger partial charge is 0.345 e. The Morgan fingerprint density at radius 1 is 1.45 bits per heavy atom. The first kappa shape index (κ1) is 14.7. The third-order valence-electron chi connectivity index (χ3n) is 2.87. The predicted molar refractivity (Wildman–Crippen MR) is 81.3 cm³/mol. The van der Waals surface area contributed by atoms with Gasteiger partial charge in [-0.15, -0.1) is 11.3 Å². The molecule has 0 aliphatic rings. The van der Waals surface area contributed by atoms with Gasteiger partial charge in [0.25, 0.3) is 0 Å². The lowest BCUT2D eigenvalue weighted by Crippen LogP contribution is -2.00. The number of benzene rings is 1. The zero-order valence-corrected chi connectivity index (χ0v) is 12.6. The highest BCUT2D eigenvalue weighted by Gasteiger charge is 2.11. The van der Waals surface area contributed by atoms with Crippen LogP contribution in [0.5, 0.6) is 5.75 Å². The van der Waals surface area contributed by atoms with Gasteiger partial charge in [0, 0.05) is 23.2 Å². The van der Waals surface area contributed by atoms with Crippen LogP contribution in [0.15, 0.2) is 24.3 Å². The zero-order chi connectivity index (χ0) is 14.7. The Kier molecular flexibility index (Phi) is 4.52. The van der Waals surface area contributed by atoms with Crippen molar-refractivity contribution in [2.75, 3.05) is 12.4 Å². The van der Waals surface area contributed by atoms with E-state index >= 15 is 0 Å². The van der Waals surface area contributed by atoms with Crippen LogP contribution in [0.3, 0.4) is 0 Å². The molecule has 1 aromatic carbocycles. The first-order chi connectivity index (χ1) is 9.51. The van der Waals surface area contributed by atoms with Crippen molar-refractivity contribution in [3.05, 3.63) is 44.6 Å². The number of aromatic carboxylic acids is 1. The maximum Gasteiger partial charge on any atom is 0.345 e. The zero-order valence-electron chi connectivity index (χ0n) is 11.1. The van der Waals surface area contributed by atoms with Crippen LogP contribution in [0.1, 0.15) is 20.1 Å². The quantitative estimate of drug-likeness (QED) is 0.875. The number of rotatable bonds is 5. The monoisotopic (exact) mass is 311 g/mol. The van der Waals surface area contributed by atoms with E-state index in [2.05, 4.69) is 5.32 Å². The minimum absolute atomic E-state index is 0.355. The van der Waals surface area contributed by atoms with Crippen LogP contribution >= 0.6 is 22.9 Å². The van der Waals surface area contributed by atoms with Crippen LogP contribution in [0.4, 0.5) is 5.69 Å². The average molecular weight is 312 g/mol. The summed E-state index contributed by atoms with van der Waals surface area (Å²) in [6, 6.07) is 7.11. The number of anilines is 1. The number of thiophene rings is 1. The number of carbonyl (C=O) groups is 1. The lowest BCUT2D eigenvalue weighted by atomic mass is 10.2. The summed E-state index contributed by atoms with van der Waals surface area (Å²) in [6.45, 7) is 2.47. The van der Waals surface area contributed by atoms with E-state index in [1.165, 1.54) is 11.3 Å². The molecule has 6 heteroatoms. The fraction of sp³-hybridized carbons (Fsp3) is 0.214. The van der Waals surface area contributed by atoms with Crippen molar-refractivity contribution < 1.29 is 14.6 Å². The molecule has 0 atom stereocenters. The Morgan fingerprint density at radius 2 is 2.20 bits per heavy atom. The van der Waals surface area contributed by atoms with Crippen LogP contribution in [-0.4, -0.2) is 18.2 Å². The van der Waals surface area contributed by atoms with Gasteiger partial charge in [-0.25, -0.2) is 4.79 Å². The van der Waals surface area contributed by atoms with Crippen LogP contribution in [0.25, 0.3) is 0 Å². The Labute approximate surface area is 126 Å². The summed E-state index contributed by atoms with van der Waals surface area (Å²) in [4.78, 5) is 12.3. The second kappa shape index (κ2) is 6.15. The highest BCUT2D eigenvalue weighted by Crippen LogP contribution is 2.28. The lowest BCUT2D eigenvalue weighted by Gasteiger charge is -2.09. The Hall–Kier alpha value is -1.72. The molecule has 0 unspecified atom stereocenters. The van der Waals surface area contributed by atoms with Gasteiger partial charge in [-0.2, -0.15) is 0 Å². The number of nitrogens with one attached hydrogen (secondary N) is 1. The predicted octanol–water partition coefficient (Wildman–Crippen LogP) is 4.03. The van der Waals surface area contributed by atoms with Crippen molar-refractivity contribution in [1.29, 1.82) is 0 Å². The summed E-state index contributed by atoms with van der Waals surface area (Å²) in [5, 5.41) is 12.8. The van der Waals surface area contributed by atoms with Gasteiger partial charge in [-0.3, -0.25) is 0 Å². The standard InChI is InChI=1S/C14H14ClNO3S/c1-8-9(5-13(20-8)14(17)18)7-16-10-3-4-11(15)12(6-10)19-2/h3-6,16H,7H2,1-2H3,(H,17,18). The highest BCUT2D eigenvalue weighted by molar-refractivity contribution is 7.14. The molecule has 0 fully saturated rings. The average Bonchev–Trinajstić information content (AvgIpc) is 2.79. The summed E-state index contributed by atoms with van der Waals surface area (Å²) < 4.78 is 5.15. The van der Waals surface area contributed by atoms with E-state index in [0.717, 1.165) is 16.1 Å². The SMILES string of the molecule is COc1cc(NCc2cc(C(=O)O)sc2C)ccc1Cl. The number of carboxylic acids is 1. The molecule has 4 nitrogen and oxygen atoms in total. The van der Waals surface area contributed by atoms with E-state index in [1.54, 1.807) is 19.2 Å². The van der Waals surface area contributed by atoms with Gasteiger partial charge >= 0.3 is 5.97 Å². The molecule has 0 saturated carbocycles. The molecule has 0 radical (unpaired) electrons. The number of aryl methyl sites for hydroxylation is 1. The number of halogens is 1. The van der Waals surface area contributed by atoms with E-state index in [1.807, 2.05) is 19.1 Å². The van der Waals surface area contributed by atoms with E-state index in [-0.39, 0.29) is 0 Å². The molecule has 106 valence electrons. The molecule has 2 aromatic rings. The van der Waals surface area contributed by atoms with Gasteiger partial charge in [-0.05, 0) is 30.7 Å². The molecular formula is C14H14ClNO3S. The Morgan fingerprint density at radius 3 is 2.80 bits per heavy atom. The van der Waals surface area contributed by atoms with Crippen molar-refractivity contribution in [1.82, 2.24) is 0 Å². The summed E-state index contributed by atoms with van der Waals surface area (Å²) in [6.07, 6.45) is 0. The molecule has 0 aliphatic carbocycles. The third kappa shape index (κ3) is 3.23. The van der Waals surface area contributed by atoms with Crippen molar-refractivity contribution >= 4 is 34.6 Å². The van der Waals surface area contributed by atoms with Crippen molar-refractivity contribution in [3.63, 3.8) is 0 Å². The molecule has 0 saturated heterocycles. The maximum absolute atomic E-state index is 10.9. The van der Waals surface area contributed by atoms with Gasteiger partial charge in [0.1, 0.15) is 10.6 Å². The molecule has 2 rings (SSSR count). The number of methoxy groups -OCH3 is 1. The number of hydrogen-bond acceptors (Lipinski definition) is 4. The molecule has 1 heterocycles. The third-order valence-corrected chi connectivity index (χ3v) is 4.26. The van der Waals surface area contributed by atoms with Gasteiger partial charge in [0.2, 0.25) is 0 Å². The topological polar surface area (TPSA) is 58.6 Å². The van der Waals surface area contributed by atoms with Gasteiger partial charge in [0.15, 0.2) is 0 Å². The van der Waals surface area contributed by atoms with Crippen molar-refractivity contribution in [2.24, 2.45) is 0 Å². The van der Waals surface area contributed by atoms with Crippen LogP contribution in [0, 0.1) is 6.92 Å². The first-order valence-corrected chi connectivity index (χ1v) is 7.10. The minimum atomic E-state index is -0.891. The van der Waals surface area contributed by atoms with Crippen molar-refractivity contribution in [2.45, 2.75) is 13.5 Å². The molecule has 0 bridgehead atoms. The van der Waals surface area contributed by atoms with E-state index < -0.39 is 5.97 Å². The minimum Gasteiger partial charge on any atom is -0.495 e. The van der Waals surface area contributed by atoms with Crippen LogP contribution in [-0.2, 0) is 6.54 Å². The van der Waals surface area contributed by atoms with Crippen LogP contribution < -0.4 is 10.1 Å². The number of ether oxygens (including phenoxy) is 1. The van der Waals surface area contributed by atoms with Crippen molar-refractivity contribution in [3.8, 4) is 5.75 Å². The van der Waals surface area contributed by atoms with Crippen LogP contribution in [0.2, 0.25) is 5.02 Å². The maximum atomic E-state index is 10.9. The highest BCUT2D eigenvalue weighted by atomic mass is 35.5. The molecule has 2 N–H and O–H groups in total. The Bertz CT molecular complexity index is 639. The fourth-order valence-corrected chi connectivity index (χ4v) is 2.84. The normalized spacial score (nSPS) is 10.3. The fourth-order valence-electron chi connectivity index (χ4n) is 1.77. The Balaban J connectivity index is 2.10. The van der Waals surface area contributed by atoms with E-state index in [4.69, 9.17) is 21.4 Å². The summed E-state index contributed by atoms with van der Waals surface area (Å²) in [7, 11) is 1.56. The molecule has 20 heavy (non-hydrogen) atoms. The van der Waals surface area contributed by atoms with Gasteiger partial charge in [0.05, 0.1) is 12.1 Å². The molecule has 1 aromatic heterocycles. The lowest BCUT2D eigenvalue weighted by molar-refractivity contribution is 0.0702. The second-order valence-electron chi connectivity index (χ2n) is 4.20. The number of carboxylic acid groups (broad SMARTS) is 1. The number of hydrogen-bond donors (Lipinski definition) is 2. The molecule has 0 spiro atoms. The largest absolute Gasteiger partial charge is 0.495 e. The molecular weight excluding hydrogens is 298 g/mol.